The van der Waals surface area contributed by atoms with Crippen molar-refractivity contribution in [3.05, 3.63) is 206 Å². The Kier molecular flexibility index (Phi) is 7.13. The van der Waals surface area contributed by atoms with Crippen molar-refractivity contribution in [3.8, 4) is 45.5 Å². The molecule has 0 aliphatic rings. The van der Waals surface area contributed by atoms with Crippen molar-refractivity contribution in [2.45, 2.75) is 0 Å². The van der Waals surface area contributed by atoms with Crippen molar-refractivity contribution in [3.63, 3.8) is 0 Å². The van der Waals surface area contributed by atoms with E-state index in [4.69, 9.17) is 10.2 Å². The van der Waals surface area contributed by atoms with Crippen molar-refractivity contribution in [1.29, 1.82) is 0 Å². The zero-order chi connectivity index (χ0) is 38.2. The Morgan fingerprint density at radius 1 is 0.293 bits per heavy atom. The summed E-state index contributed by atoms with van der Waals surface area (Å²) in [6.45, 7) is 0. The first-order valence-corrected chi connectivity index (χ1v) is 19.6. The largest absolute Gasteiger partial charge is 0.316 e. The Morgan fingerprint density at radius 3 is 1.45 bits per heavy atom. The molecule has 4 heterocycles. The van der Waals surface area contributed by atoms with Gasteiger partial charge < -0.3 is 13.7 Å². The topological polar surface area (TPSA) is 45.5 Å². The molecule has 0 amide bonds. The number of aromatic nitrogens is 6. The molecular formula is C52H34N6. The lowest BCUT2D eigenvalue weighted by Gasteiger charge is -2.14. The predicted molar refractivity (Wildman–Crippen MR) is 238 cm³/mol. The second kappa shape index (κ2) is 12.8. The molecular weight excluding hydrogens is 709 g/mol. The summed E-state index contributed by atoms with van der Waals surface area (Å²) in [6, 6.07) is 71.1. The Balaban J connectivity index is 1.13. The number of fused-ring (bicyclic) bond motifs is 9. The molecule has 0 aliphatic carbocycles. The molecule has 0 unspecified atom stereocenters. The molecule has 0 fully saturated rings. The molecule has 6 nitrogen and oxygen atoms in total. The highest BCUT2D eigenvalue weighted by atomic mass is 15.3. The maximum Gasteiger partial charge on any atom is 0.168 e. The number of rotatable bonds is 6. The number of para-hydroxylation sites is 3. The Morgan fingerprint density at radius 2 is 0.793 bits per heavy atom. The summed E-state index contributed by atoms with van der Waals surface area (Å²) < 4.78 is 9.36. The zero-order valence-electron chi connectivity index (χ0n) is 31.3. The normalized spacial score (nSPS) is 11.8. The van der Waals surface area contributed by atoms with Crippen LogP contribution in [-0.2, 0) is 0 Å². The quantitative estimate of drug-likeness (QED) is 0.170. The van der Waals surface area contributed by atoms with Crippen molar-refractivity contribution in [2.24, 2.45) is 0 Å². The molecule has 4 aromatic heterocycles. The third-order valence-corrected chi connectivity index (χ3v) is 11.5. The van der Waals surface area contributed by atoms with Gasteiger partial charge >= 0.3 is 0 Å². The Hall–Kier alpha value is -7.96. The molecule has 0 radical (unpaired) electrons. The summed E-state index contributed by atoms with van der Waals surface area (Å²) in [7, 11) is 0. The van der Waals surface area contributed by atoms with E-state index in [1.54, 1.807) is 0 Å². The van der Waals surface area contributed by atoms with Gasteiger partial charge in [0.2, 0.25) is 0 Å². The summed E-state index contributed by atoms with van der Waals surface area (Å²) in [6.07, 6.45) is 2.20. The van der Waals surface area contributed by atoms with E-state index >= 15 is 0 Å². The van der Waals surface area contributed by atoms with E-state index in [-0.39, 0.29) is 0 Å². The third-order valence-electron chi connectivity index (χ3n) is 11.5. The summed E-state index contributed by atoms with van der Waals surface area (Å²) in [5, 5.41) is 15.5. The van der Waals surface area contributed by atoms with Gasteiger partial charge in [-0.3, -0.25) is 4.57 Å². The van der Waals surface area contributed by atoms with Crippen LogP contribution in [0.25, 0.3) is 100 Å². The molecule has 0 saturated heterocycles. The molecule has 0 bridgehead atoms. The molecule has 0 N–H and O–H groups in total. The minimum Gasteiger partial charge on any atom is -0.316 e. The molecule has 6 heteroatoms. The van der Waals surface area contributed by atoms with E-state index in [1.165, 1.54) is 49.0 Å². The van der Waals surface area contributed by atoms with Gasteiger partial charge in [-0.05, 0) is 78.9 Å². The highest BCUT2D eigenvalue weighted by molar-refractivity contribution is 6.29. The van der Waals surface area contributed by atoms with Gasteiger partial charge in [-0.15, -0.1) is 10.2 Å². The molecule has 0 aliphatic heterocycles. The number of hydrogen-bond donors (Lipinski definition) is 0. The summed E-state index contributed by atoms with van der Waals surface area (Å²) in [5.41, 5.74) is 12.2. The van der Waals surface area contributed by atoms with Crippen LogP contribution in [0.1, 0.15) is 0 Å². The molecule has 0 saturated carbocycles. The smallest absolute Gasteiger partial charge is 0.168 e. The molecule has 58 heavy (non-hydrogen) atoms. The van der Waals surface area contributed by atoms with E-state index in [1.807, 2.05) is 36.4 Å². The van der Waals surface area contributed by atoms with Gasteiger partial charge in [0.1, 0.15) is 0 Å². The molecule has 0 atom stereocenters. The second-order valence-electron chi connectivity index (χ2n) is 14.7. The van der Waals surface area contributed by atoms with Gasteiger partial charge in [-0.25, -0.2) is 0 Å². The first kappa shape index (κ1) is 32.3. The van der Waals surface area contributed by atoms with E-state index in [2.05, 4.69) is 188 Å². The molecule has 12 rings (SSSR count). The van der Waals surface area contributed by atoms with Crippen molar-refractivity contribution < 1.29 is 0 Å². The van der Waals surface area contributed by atoms with Gasteiger partial charge in [-0.2, -0.15) is 0 Å². The van der Waals surface area contributed by atoms with E-state index in [0.29, 0.717) is 0 Å². The fraction of sp³-hybridized carbons (Fsp3) is 0. The standard InChI is InChI=1S/C52H34N6/c1-5-15-35(16-6-1)51-53-54-52(36-17-7-2-8-18-36)58(51)40-27-25-39(26-28-40)56-46-24-14-13-23-41(46)42-29-32-47-48(50(42)56)44-30-31-45-43(33-34-55(45)37-19-9-3-10-20-37)49(44)57(47)38-21-11-4-12-22-38/h1-34H. The van der Waals surface area contributed by atoms with Gasteiger partial charge in [0.25, 0.3) is 0 Å². The van der Waals surface area contributed by atoms with Crippen LogP contribution >= 0.6 is 0 Å². The predicted octanol–water partition coefficient (Wildman–Crippen LogP) is 12.7. The lowest BCUT2D eigenvalue weighted by Crippen LogP contribution is -2.01. The van der Waals surface area contributed by atoms with Crippen molar-refractivity contribution in [1.82, 2.24) is 28.5 Å². The maximum absolute atomic E-state index is 4.73. The van der Waals surface area contributed by atoms with Crippen LogP contribution in [0.15, 0.2) is 206 Å². The minimum absolute atomic E-state index is 0.798. The minimum atomic E-state index is 0.798. The van der Waals surface area contributed by atoms with Gasteiger partial charge in [-0.1, -0.05) is 121 Å². The van der Waals surface area contributed by atoms with Gasteiger partial charge in [0.15, 0.2) is 11.6 Å². The number of hydrogen-bond acceptors (Lipinski definition) is 2. The van der Waals surface area contributed by atoms with Crippen molar-refractivity contribution >= 4 is 54.5 Å². The highest BCUT2D eigenvalue weighted by Gasteiger charge is 2.23. The second-order valence-corrected chi connectivity index (χ2v) is 14.7. The van der Waals surface area contributed by atoms with Crippen LogP contribution in [0.2, 0.25) is 0 Å². The molecule has 272 valence electrons. The Labute approximate surface area is 333 Å². The van der Waals surface area contributed by atoms with Crippen LogP contribution in [0.3, 0.4) is 0 Å². The average molecular weight is 743 g/mol. The molecule has 12 aromatic rings. The number of benzene rings is 8. The lowest BCUT2D eigenvalue weighted by atomic mass is 10.1. The van der Waals surface area contributed by atoms with E-state index in [0.717, 1.165) is 51.0 Å². The average Bonchev–Trinajstić information content (AvgIpc) is 4.09. The monoisotopic (exact) mass is 742 g/mol. The van der Waals surface area contributed by atoms with Crippen LogP contribution in [-0.4, -0.2) is 28.5 Å². The van der Waals surface area contributed by atoms with E-state index < -0.39 is 0 Å². The van der Waals surface area contributed by atoms with E-state index in [9.17, 15) is 0 Å². The number of nitrogens with zero attached hydrogens (tertiary/aromatic N) is 6. The van der Waals surface area contributed by atoms with Crippen LogP contribution in [0.4, 0.5) is 0 Å². The SMILES string of the molecule is c1ccc(-c2nnc(-c3ccccc3)n2-c2ccc(-n3c4ccccc4c4ccc5c(c6ccc7c(ccn7-c7ccccc7)c6n5-c5ccccc5)c43)cc2)cc1. The van der Waals surface area contributed by atoms with Crippen LogP contribution < -0.4 is 0 Å². The first-order chi connectivity index (χ1) is 28.8. The summed E-state index contributed by atoms with van der Waals surface area (Å²) >= 11 is 0. The molecule has 0 spiro atoms. The third kappa shape index (κ3) is 4.79. The fourth-order valence-electron chi connectivity index (χ4n) is 9.02. The highest BCUT2D eigenvalue weighted by Crippen LogP contribution is 2.44. The lowest BCUT2D eigenvalue weighted by molar-refractivity contribution is 1.07. The van der Waals surface area contributed by atoms with Gasteiger partial charge in [0.05, 0.1) is 27.6 Å². The van der Waals surface area contributed by atoms with Crippen LogP contribution in [0.5, 0.6) is 0 Å². The fourth-order valence-corrected chi connectivity index (χ4v) is 9.02. The summed E-state index contributed by atoms with van der Waals surface area (Å²) in [4.78, 5) is 0. The summed E-state index contributed by atoms with van der Waals surface area (Å²) in [5.74, 6) is 1.60. The maximum atomic E-state index is 4.73. The first-order valence-electron chi connectivity index (χ1n) is 19.6. The Bertz CT molecular complexity index is 3410. The van der Waals surface area contributed by atoms with Gasteiger partial charge in [0, 0.05) is 67.0 Å². The molecule has 8 aromatic carbocycles. The van der Waals surface area contributed by atoms with Crippen LogP contribution in [0, 0.1) is 0 Å². The zero-order valence-corrected chi connectivity index (χ0v) is 31.3. The van der Waals surface area contributed by atoms with Crippen molar-refractivity contribution in [2.75, 3.05) is 0 Å².